The van der Waals surface area contributed by atoms with Gasteiger partial charge in [0.2, 0.25) is 0 Å². The highest BCUT2D eigenvalue weighted by Gasteiger charge is 2.06. The quantitative estimate of drug-likeness (QED) is 0.218. The Bertz CT molecular complexity index is 907. The lowest BCUT2D eigenvalue weighted by atomic mass is 10.1. The standard InChI is InChI=1S/C22H26FN5.HI/c1-17-19(16-28(27-17)21-8-4-3-5-9-21)7-6-14-25-22(24-2)26-15-18-10-12-20(23)13-11-18;/h3-5,8-13,16H,6-7,14-15H2,1-2H3,(H2,24,25,26);1H. The molecule has 0 bridgehead atoms. The van der Waals surface area contributed by atoms with Crippen molar-refractivity contribution in [2.75, 3.05) is 13.6 Å². The van der Waals surface area contributed by atoms with Crippen molar-refractivity contribution < 1.29 is 4.39 Å². The molecule has 2 N–H and O–H groups in total. The number of hydrogen-bond acceptors (Lipinski definition) is 2. The summed E-state index contributed by atoms with van der Waals surface area (Å²) in [6.07, 6.45) is 4.02. The van der Waals surface area contributed by atoms with E-state index in [1.54, 1.807) is 19.2 Å². The molecule has 0 radical (unpaired) electrons. The molecule has 0 saturated carbocycles. The smallest absolute Gasteiger partial charge is 0.191 e. The zero-order valence-electron chi connectivity index (χ0n) is 16.7. The van der Waals surface area contributed by atoms with Gasteiger partial charge in [-0.2, -0.15) is 5.10 Å². The average Bonchev–Trinajstić information content (AvgIpc) is 3.10. The predicted octanol–water partition coefficient (Wildman–Crippen LogP) is 4.24. The maximum Gasteiger partial charge on any atom is 0.191 e. The molecule has 1 aromatic heterocycles. The number of hydrogen-bond donors (Lipinski definition) is 2. The highest BCUT2D eigenvalue weighted by atomic mass is 127. The highest BCUT2D eigenvalue weighted by molar-refractivity contribution is 14.0. The van der Waals surface area contributed by atoms with Gasteiger partial charge < -0.3 is 10.6 Å². The number of aliphatic imine (C=N–C) groups is 1. The summed E-state index contributed by atoms with van der Waals surface area (Å²) in [6.45, 7) is 3.45. The van der Waals surface area contributed by atoms with Crippen molar-refractivity contribution in [3.05, 3.63) is 83.4 Å². The summed E-state index contributed by atoms with van der Waals surface area (Å²) in [5.41, 5.74) is 4.39. The van der Waals surface area contributed by atoms with Crippen LogP contribution in [0.15, 0.2) is 65.8 Å². The van der Waals surface area contributed by atoms with Gasteiger partial charge in [0.25, 0.3) is 0 Å². The summed E-state index contributed by atoms with van der Waals surface area (Å²) in [5.74, 6) is 0.512. The maximum absolute atomic E-state index is 13.0. The van der Waals surface area contributed by atoms with E-state index < -0.39 is 0 Å². The van der Waals surface area contributed by atoms with E-state index in [4.69, 9.17) is 0 Å². The van der Waals surface area contributed by atoms with Crippen LogP contribution in [0.3, 0.4) is 0 Å². The molecule has 0 fully saturated rings. The van der Waals surface area contributed by atoms with Crippen LogP contribution in [0.1, 0.15) is 23.2 Å². The zero-order valence-corrected chi connectivity index (χ0v) is 19.1. The Morgan fingerprint density at radius 1 is 1.07 bits per heavy atom. The van der Waals surface area contributed by atoms with Crippen LogP contribution in [0.25, 0.3) is 5.69 Å². The van der Waals surface area contributed by atoms with E-state index in [1.165, 1.54) is 17.7 Å². The first-order valence-corrected chi connectivity index (χ1v) is 9.45. The maximum atomic E-state index is 13.0. The van der Waals surface area contributed by atoms with E-state index in [2.05, 4.69) is 39.1 Å². The third-order valence-electron chi connectivity index (χ3n) is 4.53. The fraction of sp³-hybridized carbons (Fsp3) is 0.273. The van der Waals surface area contributed by atoms with Crippen LogP contribution >= 0.6 is 24.0 Å². The van der Waals surface area contributed by atoms with Crippen LogP contribution in [0, 0.1) is 12.7 Å². The third kappa shape index (κ3) is 6.85. The molecule has 0 aliphatic heterocycles. The van der Waals surface area contributed by atoms with Gasteiger partial charge in [0.05, 0.1) is 11.4 Å². The lowest BCUT2D eigenvalue weighted by Gasteiger charge is -2.11. The summed E-state index contributed by atoms with van der Waals surface area (Å²) in [5, 5.41) is 11.2. The molecule has 0 aliphatic carbocycles. The summed E-state index contributed by atoms with van der Waals surface area (Å²) >= 11 is 0. The normalized spacial score (nSPS) is 11.1. The lowest BCUT2D eigenvalue weighted by molar-refractivity contribution is 0.626. The molecule has 3 rings (SSSR count). The van der Waals surface area contributed by atoms with Gasteiger partial charge in [0, 0.05) is 26.3 Å². The number of aromatic nitrogens is 2. The number of rotatable bonds is 7. The number of aryl methyl sites for hydroxylation is 2. The van der Waals surface area contributed by atoms with E-state index in [0.717, 1.165) is 42.3 Å². The van der Waals surface area contributed by atoms with Gasteiger partial charge in [0.15, 0.2) is 5.96 Å². The van der Waals surface area contributed by atoms with E-state index in [0.29, 0.717) is 6.54 Å². The SMILES string of the molecule is CN=C(NCCCc1cn(-c2ccccc2)nc1C)NCc1ccc(F)cc1.I. The second-order valence-corrected chi connectivity index (χ2v) is 6.60. The zero-order chi connectivity index (χ0) is 19.8. The Morgan fingerprint density at radius 2 is 1.79 bits per heavy atom. The Balaban J connectivity index is 0.00000300. The van der Waals surface area contributed by atoms with Crippen molar-refractivity contribution in [1.82, 2.24) is 20.4 Å². The molecule has 5 nitrogen and oxygen atoms in total. The molecule has 29 heavy (non-hydrogen) atoms. The number of guanidine groups is 1. The van der Waals surface area contributed by atoms with Gasteiger partial charge in [-0.15, -0.1) is 24.0 Å². The number of para-hydroxylation sites is 1. The van der Waals surface area contributed by atoms with Gasteiger partial charge in [-0.25, -0.2) is 9.07 Å². The van der Waals surface area contributed by atoms with E-state index in [9.17, 15) is 4.39 Å². The first-order chi connectivity index (χ1) is 13.7. The average molecular weight is 507 g/mol. The molecule has 2 aromatic carbocycles. The van der Waals surface area contributed by atoms with Crippen molar-refractivity contribution in [2.45, 2.75) is 26.3 Å². The van der Waals surface area contributed by atoms with E-state index in [-0.39, 0.29) is 29.8 Å². The van der Waals surface area contributed by atoms with Crippen LogP contribution in [0.2, 0.25) is 0 Å². The molecule has 1 heterocycles. The molecular formula is C22H27FIN5. The summed E-state index contributed by atoms with van der Waals surface area (Å²) in [6, 6.07) is 16.6. The molecule has 0 atom stereocenters. The Hall–Kier alpha value is -2.42. The van der Waals surface area contributed by atoms with Crippen molar-refractivity contribution in [3.63, 3.8) is 0 Å². The van der Waals surface area contributed by atoms with Crippen LogP contribution in [0.4, 0.5) is 4.39 Å². The van der Waals surface area contributed by atoms with Gasteiger partial charge in [-0.1, -0.05) is 30.3 Å². The third-order valence-corrected chi connectivity index (χ3v) is 4.53. The minimum absolute atomic E-state index is 0. The molecule has 0 spiro atoms. The number of halogens is 2. The minimum atomic E-state index is -0.225. The van der Waals surface area contributed by atoms with Gasteiger partial charge in [-0.05, 0) is 55.2 Å². The predicted molar refractivity (Wildman–Crippen MR) is 127 cm³/mol. The van der Waals surface area contributed by atoms with Crippen LogP contribution < -0.4 is 10.6 Å². The van der Waals surface area contributed by atoms with Crippen molar-refractivity contribution in [2.24, 2.45) is 4.99 Å². The monoisotopic (exact) mass is 507 g/mol. The fourth-order valence-electron chi connectivity index (χ4n) is 2.95. The van der Waals surface area contributed by atoms with Crippen LogP contribution in [-0.4, -0.2) is 29.3 Å². The molecule has 0 unspecified atom stereocenters. The molecule has 3 aromatic rings. The minimum Gasteiger partial charge on any atom is -0.356 e. The molecular weight excluding hydrogens is 480 g/mol. The van der Waals surface area contributed by atoms with E-state index in [1.807, 2.05) is 29.8 Å². The van der Waals surface area contributed by atoms with Crippen molar-refractivity contribution in [1.29, 1.82) is 0 Å². The largest absolute Gasteiger partial charge is 0.356 e. The molecule has 0 aliphatic rings. The molecule has 154 valence electrons. The summed E-state index contributed by atoms with van der Waals surface area (Å²) in [7, 11) is 1.74. The number of nitrogens with one attached hydrogen (secondary N) is 2. The summed E-state index contributed by atoms with van der Waals surface area (Å²) < 4.78 is 14.9. The van der Waals surface area contributed by atoms with Gasteiger partial charge >= 0.3 is 0 Å². The molecule has 0 amide bonds. The Kier molecular flexibility index (Phi) is 9.11. The second kappa shape index (κ2) is 11.5. The lowest BCUT2D eigenvalue weighted by Crippen LogP contribution is -2.37. The second-order valence-electron chi connectivity index (χ2n) is 6.60. The highest BCUT2D eigenvalue weighted by Crippen LogP contribution is 2.13. The summed E-state index contributed by atoms with van der Waals surface area (Å²) in [4.78, 5) is 4.23. The first kappa shape index (κ1) is 22.9. The first-order valence-electron chi connectivity index (χ1n) is 9.45. The molecule has 0 saturated heterocycles. The Labute approximate surface area is 188 Å². The van der Waals surface area contributed by atoms with Crippen LogP contribution in [-0.2, 0) is 13.0 Å². The fourth-order valence-corrected chi connectivity index (χ4v) is 2.95. The number of benzene rings is 2. The van der Waals surface area contributed by atoms with Gasteiger partial charge in [-0.3, -0.25) is 4.99 Å². The van der Waals surface area contributed by atoms with Crippen molar-refractivity contribution in [3.8, 4) is 5.69 Å². The number of nitrogens with zero attached hydrogens (tertiary/aromatic N) is 3. The molecule has 7 heteroatoms. The van der Waals surface area contributed by atoms with Gasteiger partial charge in [0.1, 0.15) is 5.82 Å². The Morgan fingerprint density at radius 3 is 2.48 bits per heavy atom. The van der Waals surface area contributed by atoms with E-state index >= 15 is 0 Å². The van der Waals surface area contributed by atoms with Crippen LogP contribution in [0.5, 0.6) is 0 Å². The van der Waals surface area contributed by atoms with Crippen molar-refractivity contribution >= 4 is 29.9 Å². The topological polar surface area (TPSA) is 54.2 Å².